The molecule has 0 bridgehead atoms. The summed E-state index contributed by atoms with van der Waals surface area (Å²) in [7, 11) is 0. The van der Waals surface area contributed by atoms with Crippen LogP contribution >= 0.6 is 22.6 Å². The first-order chi connectivity index (χ1) is 4.74. The fourth-order valence-electron chi connectivity index (χ4n) is 0.629. The first-order valence-electron chi connectivity index (χ1n) is 3.30. The SMILES string of the molecule is C#CC(=O)CC(CC)CI. The number of halogens is 1. The molecule has 0 N–H and O–H groups in total. The van der Waals surface area contributed by atoms with Crippen LogP contribution in [0.4, 0.5) is 0 Å². The van der Waals surface area contributed by atoms with Crippen molar-refractivity contribution in [1.29, 1.82) is 0 Å². The molecule has 0 aliphatic carbocycles. The Morgan fingerprint density at radius 3 is 2.70 bits per heavy atom. The molecule has 56 valence electrons. The van der Waals surface area contributed by atoms with Gasteiger partial charge in [-0.1, -0.05) is 35.9 Å². The molecule has 1 nitrogen and oxygen atoms in total. The predicted octanol–water partition coefficient (Wildman–Crippen LogP) is 2.04. The molecule has 0 saturated carbocycles. The lowest BCUT2D eigenvalue weighted by Crippen LogP contribution is -2.06. The zero-order valence-corrected chi connectivity index (χ0v) is 8.22. The summed E-state index contributed by atoms with van der Waals surface area (Å²) in [6.07, 6.45) is 6.52. The van der Waals surface area contributed by atoms with Gasteiger partial charge >= 0.3 is 0 Å². The Bertz CT molecular complexity index is 142. The van der Waals surface area contributed by atoms with E-state index in [0.717, 1.165) is 10.8 Å². The van der Waals surface area contributed by atoms with Crippen LogP contribution in [0.25, 0.3) is 0 Å². The van der Waals surface area contributed by atoms with Gasteiger partial charge in [-0.15, -0.1) is 6.42 Å². The maximum atomic E-state index is 10.7. The van der Waals surface area contributed by atoms with Crippen molar-refractivity contribution in [3.63, 3.8) is 0 Å². The van der Waals surface area contributed by atoms with Crippen LogP contribution < -0.4 is 0 Å². The lowest BCUT2D eigenvalue weighted by atomic mass is 10.0. The number of hydrogen-bond acceptors (Lipinski definition) is 1. The Morgan fingerprint density at radius 2 is 2.40 bits per heavy atom. The standard InChI is InChI=1S/C8H11IO/c1-3-7(6-9)5-8(10)4-2/h2,7H,3,5-6H2,1H3. The van der Waals surface area contributed by atoms with Crippen LogP contribution in [0.5, 0.6) is 0 Å². The number of Topliss-reactive ketones (excluding diaryl/α,β-unsaturated/α-hetero) is 1. The smallest absolute Gasteiger partial charge is 0.205 e. The van der Waals surface area contributed by atoms with E-state index in [9.17, 15) is 4.79 Å². The molecule has 0 spiro atoms. The van der Waals surface area contributed by atoms with Gasteiger partial charge in [-0.2, -0.15) is 0 Å². The Hall–Kier alpha value is -0.0400. The molecule has 1 atom stereocenters. The van der Waals surface area contributed by atoms with Crippen molar-refractivity contribution in [2.45, 2.75) is 19.8 Å². The summed E-state index contributed by atoms with van der Waals surface area (Å²) in [5.41, 5.74) is 0. The van der Waals surface area contributed by atoms with Crippen LogP contribution in [0.2, 0.25) is 0 Å². The Morgan fingerprint density at radius 1 is 1.80 bits per heavy atom. The molecule has 0 radical (unpaired) electrons. The third-order valence-electron chi connectivity index (χ3n) is 1.43. The Kier molecular flexibility index (Phi) is 5.70. The molecule has 0 fully saturated rings. The highest BCUT2D eigenvalue weighted by atomic mass is 127. The second-order valence-corrected chi connectivity index (χ2v) is 3.08. The summed E-state index contributed by atoms with van der Waals surface area (Å²) < 4.78 is 1.02. The van der Waals surface area contributed by atoms with Crippen molar-refractivity contribution in [3.8, 4) is 12.3 Å². The summed E-state index contributed by atoms with van der Waals surface area (Å²) in [5, 5.41) is 0. The van der Waals surface area contributed by atoms with Crippen molar-refractivity contribution < 1.29 is 4.79 Å². The molecule has 2 heteroatoms. The minimum absolute atomic E-state index is 0.0662. The molecule has 0 saturated heterocycles. The number of alkyl halides is 1. The molecule has 0 amide bonds. The van der Waals surface area contributed by atoms with Gasteiger partial charge < -0.3 is 0 Å². The Balaban J connectivity index is 3.65. The fraction of sp³-hybridized carbons (Fsp3) is 0.625. The summed E-state index contributed by atoms with van der Waals surface area (Å²) in [6, 6.07) is 0. The zero-order valence-electron chi connectivity index (χ0n) is 6.06. The predicted molar refractivity (Wildman–Crippen MR) is 51.1 cm³/mol. The van der Waals surface area contributed by atoms with E-state index in [1.54, 1.807) is 0 Å². The topological polar surface area (TPSA) is 17.1 Å². The van der Waals surface area contributed by atoms with Gasteiger partial charge in [0, 0.05) is 10.8 Å². The molecule has 10 heavy (non-hydrogen) atoms. The largest absolute Gasteiger partial charge is 0.285 e. The van der Waals surface area contributed by atoms with Gasteiger partial charge in [-0.3, -0.25) is 4.79 Å². The highest BCUT2D eigenvalue weighted by Crippen LogP contribution is 2.11. The van der Waals surface area contributed by atoms with E-state index < -0.39 is 0 Å². The van der Waals surface area contributed by atoms with E-state index in [1.807, 2.05) is 0 Å². The van der Waals surface area contributed by atoms with E-state index in [1.165, 1.54) is 0 Å². The minimum atomic E-state index is -0.0662. The van der Waals surface area contributed by atoms with E-state index in [2.05, 4.69) is 35.4 Å². The minimum Gasteiger partial charge on any atom is -0.285 e. The van der Waals surface area contributed by atoms with Gasteiger partial charge in [-0.25, -0.2) is 0 Å². The van der Waals surface area contributed by atoms with Gasteiger partial charge in [0.05, 0.1) is 0 Å². The van der Waals surface area contributed by atoms with Crippen molar-refractivity contribution in [1.82, 2.24) is 0 Å². The quantitative estimate of drug-likeness (QED) is 0.323. The van der Waals surface area contributed by atoms with Crippen LogP contribution in [0.3, 0.4) is 0 Å². The van der Waals surface area contributed by atoms with E-state index >= 15 is 0 Å². The zero-order chi connectivity index (χ0) is 7.98. The highest BCUT2D eigenvalue weighted by Gasteiger charge is 2.07. The molecule has 0 aromatic carbocycles. The van der Waals surface area contributed by atoms with Crippen molar-refractivity contribution >= 4 is 28.4 Å². The van der Waals surface area contributed by atoms with Crippen LogP contribution in [-0.4, -0.2) is 10.2 Å². The molecule has 0 aliphatic rings. The fourth-order valence-corrected chi connectivity index (χ4v) is 1.56. The average Bonchev–Trinajstić information content (AvgIpc) is 1.99. The maximum Gasteiger partial charge on any atom is 0.205 e. The molecule has 0 aromatic rings. The number of carbonyl (C=O) groups is 1. The number of hydrogen-bond donors (Lipinski definition) is 0. The lowest BCUT2D eigenvalue weighted by Gasteiger charge is -2.06. The monoisotopic (exact) mass is 250 g/mol. The number of carbonyl (C=O) groups excluding carboxylic acids is 1. The maximum absolute atomic E-state index is 10.7. The summed E-state index contributed by atoms with van der Waals surface area (Å²) >= 11 is 2.28. The highest BCUT2D eigenvalue weighted by molar-refractivity contribution is 14.1. The second-order valence-electron chi connectivity index (χ2n) is 2.20. The third kappa shape index (κ3) is 3.89. The summed E-state index contributed by atoms with van der Waals surface area (Å²) in [4.78, 5) is 10.7. The van der Waals surface area contributed by atoms with Crippen molar-refractivity contribution in [3.05, 3.63) is 0 Å². The van der Waals surface area contributed by atoms with Crippen molar-refractivity contribution in [2.24, 2.45) is 5.92 Å². The van der Waals surface area contributed by atoms with E-state index in [-0.39, 0.29) is 5.78 Å². The molecule has 1 unspecified atom stereocenters. The molecule has 0 heterocycles. The summed E-state index contributed by atoms with van der Waals surface area (Å²) in [6.45, 7) is 2.08. The van der Waals surface area contributed by atoms with Gasteiger partial charge in [-0.05, 0) is 11.8 Å². The van der Waals surface area contributed by atoms with Crippen molar-refractivity contribution in [2.75, 3.05) is 4.43 Å². The Labute approximate surface area is 75.7 Å². The van der Waals surface area contributed by atoms with Gasteiger partial charge in [0.15, 0.2) is 0 Å². The molecule has 0 aromatic heterocycles. The second kappa shape index (κ2) is 5.72. The molecular weight excluding hydrogens is 239 g/mol. The van der Waals surface area contributed by atoms with Crippen LogP contribution in [0, 0.1) is 18.3 Å². The third-order valence-corrected chi connectivity index (χ3v) is 2.68. The van der Waals surface area contributed by atoms with Gasteiger partial charge in [0.25, 0.3) is 0 Å². The number of ketones is 1. The molecule has 0 aliphatic heterocycles. The molecule has 0 rings (SSSR count). The lowest BCUT2D eigenvalue weighted by molar-refractivity contribution is -0.114. The van der Waals surface area contributed by atoms with Crippen LogP contribution in [-0.2, 0) is 4.79 Å². The number of terminal acetylenes is 1. The molecular formula is C8H11IO. The average molecular weight is 250 g/mol. The van der Waals surface area contributed by atoms with Gasteiger partial charge in [0.2, 0.25) is 5.78 Å². The van der Waals surface area contributed by atoms with Crippen LogP contribution in [0.1, 0.15) is 19.8 Å². The number of rotatable bonds is 4. The first kappa shape index (κ1) is 9.96. The van der Waals surface area contributed by atoms with E-state index in [4.69, 9.17) is 6.42 Å². The normalized spacial score (nSPS) is 12.1. The van der Waals surface area contributed by atoms with Gasteiger partial charge in [0.1, 0.15) is 0 Å². The van der Waals surface area contributed by atoms with Crippen LogP contribution in [0.15, 0.2) is 0 Å². The van der Waals surface area contributed by atoms with E-state index in [0.29, 0.717) is 12.3 Å². The first-order valence-corrected chi connectivity index (χ1v) is 4.82. The summed E-state index contributed by atoms with van der Waals surface area (Å²) in [5.74, 6) is 2.53.